The molecule has 0 aromatic carbocycles. The normalized spacial score (nSPS) is 13.4. The Morgan fingerprint density at radius 2 is 1.88 bits per heavy atom. The van der Waals surface area contributed by atoms with E-state index in [9.17, 15) is 0 Å². The number of hydrogen-bond donors (Lipinski definition) is 1. The van der Waals surface area contributed by atoms with Crippen LogP contribution in [0.1, 0.15) is 33.6 Å². The number of allylic oxidation sites excluding steroid dienone is 2. The molecule has 0 aliphatic rings. The van der Waals surface area contributed by atoms with Gasteiger partial charge in [-0.2, -0.15) is 0 Å². The largest absolute Gasteiger partial charge is 0.513 e. The molecule has 0 atom stereocenters. The van der Waals surface area contributed by atoms with Crippen LogP contribution in [0.5, 0.6) is 0 Å². The Morgan fingerprint density at radius 1 is 1.38 bits per heavy atom. The first-order valence-corrected chi connectivity index (χ1v) is 3.03. The van der Waals surface area contributed by atoms with Crippen molar-refractivity contribution in [2.75, 3.05) is 0 Å². The van der Waals surface area contributed by atoms with Crippen molar-refractivity contribution in [3.8, 4) is 0 Å². The SMILES string of the molecule is CCC/C(C)=C(\C)O. The minimum Gasteiger partial charge on any atom is -0.513 e. The summed E-state index contributed by atoms with van der Waals surface area (Å²) in [6.07, 6.45) is 2.13. The lowest BCUT2D eigenvalue weighted by Gasteiger charge is -1.96. The van der Waals surface area contributed by atoms with Gasteiger partial charge in [-0.1, -0.05) is 13.3 Å². The van der Waals surface area contributed by atoms with Crippen molar-refractivity contribution in [3.05, 3.63) is 11.3 Å². The second kappa shape index (κ2) is 3.53. The van der Waals surface area contributed by atoms with Crippen LogP contribution in [0.3, 0.4) is 0 Å². The molecule has 0 radical (unpaired) electrons. The zero-order valence-electron chi connectivity index (χ0n) is 5.86. The van der Waals surface area contributed by atoms with Crippen LogP contribution < -0.4 is 0 Å². The Labute approximate surface area is 51.0 Å². The van der Waals surface area contributed by atoms with Crippen molar-refractivity contribution in [2.24, 2.45) is 0 Å². The van der Waals surface area contributed by atoms with Gasteiger partial charge in [-0.25, -0.2) is 0 Å². The average Bonchev–Trinajstić information content (AvgIpc) is 1.67. The van der Waals surface area contributed by atoms with E-state index in [1.165, 1.54) is 0 Å². The van der Waals surface area contributed by atoms with Crippen molar-refractivity contribution in [2.45, 2.75) is 33.6 Å². The second-order valence-corrected chi connectivity index (χ2v) is 2.12. The minimum atomic E-state index is 0.479. The van der Waals surface area contributed by atoms with Gasteiger partial charge in [0.1, 0.15) is 0 Å². The summed E-state index contributed by atoms with van der Waals surface area (Å²) in [5.41, 5.74) is 1.10. The van der Waals surface area contributed by atoms with Crippen LogP contribution in [-0.4, -0.2) is 5.11 Å². The highest BCUT2D eigenvalue weighted by Crippen LogP contribution is 2.06. The Morgan fingerprint density at radius 3 is 2.00 bits per heavy atom. The maximum atomic E-state index is 8.83. The van der Waals surface area contributed by atoms with E-state index in [4.69, 9.17) is 5.11 Å². The molecule has 1 N–H and O–H groups in total. The lowest BCUT2D eigenvalue weighted by molar-refractivity contribution is 0.404. The molecule has 48 valence electrons. The van der Waals surface area contributed by atoms with Gasteiger partial charge in [-0.3, -0.25) is 0 Å². The van der Waals surface area contributed by atoms with Gasteiger partial charge in [-0.15, -0.1) is 0 Å². The fourth-order valence-electron chi connectivity index (χ4n) is 0.556. The van der Waals surface area contributed by atoms with Gasteiger partial charge in [0.15, 0.2) is 0 Å². The summed E-state index contributed by atoms with van der Waals surface area (Å²) in [6.45, 7) is 5.79. The van der Waals surface area contributed by atoms with Crippen LogP contribution in [0, 0.1) is 0 Å². The third-order valence-electron chi connectivity index (χ3n) is 1.24. The average molecular weight is 114 g/mol. The standard InChI is InChI=1S/C7H14O/c1-4-5-6(2)7(3)8/h8H,4-5H2,1-3H3/b7-6+. The molecular formula is C7H14O. The first-order chi connectivity index (χ1) is 3.68. The van der Waals surface area contributed by atoms with Gasteiger partial charge in [0.25, 0.3) is 0 Å². The maximum Gasteiger partial charge on any atom is 0.0880 e. The van der Waals surface area contributed by atoms with E-state index < -0.39 is 0 Å². The minimum absolute atomic E-state index is 0.479. The molecule has 8 heavy (non-hydrogen) atoms. The summed E-state index contributed by atoms with van der Waals surface area (Å²) >= 11 is 0. The van der Waals surface area contributed by atoms with Gasteiger partial charge in [0.05, 0.1) is 5.76 Å². The van der Waals surface area contributed by atoms with E-state index in [0.717, 1.165) is 18.4 Å². The van der Waals surface area contributed by atoms with E-state index in [-0.39, 0.29) is 0 Å². The molecule has 0 amide bonds. The van der Waals surface area contributed by atoms with Gasteiger partial charge in [0.2, 0.25) is 0 Å². The smallest absolute Gasteiger partial charge is 0.0880 e. The van der Waals surface area contributed by atoms with Crippen molar-refractivity contribution in [1.82, 2.24) is 0 Å². The lowest BCUT2D eigenvalue weighted by atomic mass is 10.1. The zero-order chi connectivity index (χ0) is 6.57. The molecule has 0 aromatic rings. The molecule has 1 nitrogen and oxygen atoms in total. The van der Waals surface area contributed by atoms with Crippen molar-refractivity contribution in [3.63, 3.8) is 0 Å². The van der Waals surface area contributed by atoms with Gasteiger partial charge < -0.3 is 5.11 Å². The molecule has 0 fully saturated rings. The number of aliphatic hydroxyl groups excluding tert-OH is 1. The summed E-state index contributed by atoms with van der Waals surface area (Å²) in [6, 6.07) is 0. The fourth-order valence-corrected chi connectivity index (χ4v) is 0.556. The Hall–Kier alpha value is -0.460. The molecule has 0 aliphatic heterocycles. The maximum absolute atomic E-state index is 8.83. The molecule has 0 unspecified atom stereocenters. The van der Waals surface area contributed by atoms with E-state index >= 15 is 0 Å². The van der Waals surface area contributed by atoms with Crippen LogP contribution in [0.2, 0.25) is 0 Å². The molecular weight excluding hydrogens is 100 g/mol. The quantitative estimate of drug-likeness (QED) is 0.547. The van der Waals surface area contributed by atoms with Crippen LogP contribution >= 0.6 is 0 Å². The highest BCUT2D eigenvalue weighted by molar-refractivity contribution is 5.00. The first kappa shape index (κ1) is 7.54. The van der Waals surface area contributed by atoms with Crippen LogP contribution in [-0.2, 0) is 0 Å². The summed E-state index contributed by atoms with van der Waals surface area (Å²) in [5, 5.41) is 8.83. The highest BCUT2D eigenvalue weighted by Gasteiger charge is 1.89. The van der Waals surface area contributed by atoms with Gasteiger partial charge in [-0.05, 0) is 25.8 Å². The van der Waals surface area contributed by atoms with Crippen LogP contribution in [0.4, 0.5) is 0 Å². The summed E-state index contributed by atoms with van der Waals surface area (Å²) in [5.74, 6) is 0.479. The van der Waals surface area contributed by atoms with Crippen LogP contribution in [0.25, 0.3) is 0 Å². The number of aliphatic hydroxyl groups is 1. The first-order valence-electron chi connectivity index (χ1n) is 3.03. The molecule has 0 aromatic heterocycles. The topological polar surface area (TPSA) is 20.2 Å². The molecule has 0 saturated carbocycles. The Kier molecular flexibility index (Phi) is 3.33. The zero-order valence-corrected chi connectivity index (χ0v) is 5.86. The molecule has 0 rings (SSSR count). The molecule has 0 aliphatic carbocycles. The van der Waals surface area contributed by atoms with Crippen molar-refractivity contribution >= 4 is 0 Å². The molecule has 0 saturated heterocycles. The van der Waals surface area contributed by atoms with Crippen molar-refractivity contribution < 1.29 is 5.11 Å². The third-order valence-corrected chi connectivity index (χ3v) is 1.24. The van der Waals surface area contributed by atoms with E-state index in [1.807, 2.05) is 6.92 Å². The second-order valence-electron chi connectivity index (χ2n) is 2.12. The van der Waals surface area contributed by atoms with Crippen LogP contribution in [0.15, 0.2) is 11.3 Å². The molecule has 1 heteroatoms. The Bertz CT molecular complexity index is 88.6. The lowest BCUT2D eigenvalue weighted by Crippen LogP contribution is -1.80. The van der Waals surface area contributed by atoms with E-state index in [2.05, 4.69) is 6.92 Å². The third kappa shape index (κ3) is 2.67. The van der Waals surface area contributed by atoms with Gasteiger partial charge in [0, 0.05) is 0 Å². The highest BCUT2D eigenvalue weighted by atomic mass is 16.3. The molecule has 0 bridgehead atoms. The number of hydrogen-bond acceptors (Lipinski definition) is 1. The monoisotopic (exact) mass is 114 g/mol. The number of rotatable bonds is 2. The molecule has 0 spiro atoms. The predicted molar refractivity (Wildman–Crippen MR) is 35.9 cm³/mol. The van der Waals surface area contributed by atoms with Gasteiger partial charge >= 0.3 is 0 Å². The predicted octanol–water partition coefficient (Wildman–Crippen LogP) is 2.64. The Balaban J connectivity index is 3.62. The fraction of sp³-hybridized carbons (Fsp3) is 0.714. The summed E-state index contributed by atoms with van der Waals surface area (Å²) in [7, 11) is 0. The van der Waals surface area contributed by atoms with E-state index in [0.29, 0.717) is 5.76 Å². The van der Waals surface area contributed by atoms with Crippen molar-refractivity contribution in [1.29, 1.82) is 0 Å². The summed E-state index contributed by atoms with van der Waals surface area (Å²) < 4.78 is 0. The summed E-state index contributed by atoms with van der Waals surface area (Å²) in [4.78, 5) is 0. The van der Waals surface area contributed by atoms with E-state index in [1.54, 1.807) is 6.92 Å². The molecule has 0 heterocycles.